The molecule has 0 heterocycles. The second-order valence-electron chi connectivity index (χ2n) is 9.30. The zero-order valence-corrected chi connectivity index (χ0v) is 16.8. The highest BCUT2D eigenvalue weighted by atomic mass is 16.5. The number of hydrogen-bond acceptors (Lipinski definition) is 5. The van der Waals surface area contributed by atoms with Crippen LogP contribution in [0.15, 0.2) is 24.3 Å². The van der Waals surface area contributed by atoms with Gasteiger partial charge in [0.05, 0.1) is 6.10 Å². The van der Waals surface area contributed by atoms with Gasteiger partial charge in [-0.3, -0.25) is 9.59 Å². The van der Waals surface area contributed by atoms with Gasteiger partial charge in [-0.05, 0) is 48.5 Å². The van der Waals surface area contributed by atoms with Crippen molar-refractivity contribution in [2.45, 2.75) is 58.7 Å². The number of rotatable bonds is 6. The van der Waals surface area contributed by atoms with Crippen LogP contribution in [0.5, 0.6) is 0 Å². The van der Waals surface area contributed by atoms with Crippen molar-refractivity contribution in [2.24, 2.45) is 35.0 Å². The Balaban J connectivity index is 1.69. The van der Waals surface area contributed by atoms with Crippen molar-refractivity contribution in [1.82, 2.24) is 0 Å². The second-order valence-corrected chi connectivity index (χ2v) is 9.30. The van der Waals surface area contributed by atoms with Gasteiger partial charge in [-0.15, -0.1) is 0 Å². The van der Waals surface area contributed by atoms with Crippen LogP contribution in [0.4, 0.5) is 0 Å². The number of aliphatic hydroxyl groups is 2. The summed E-state index contributed by atoms with van der Waals surface area (Å²) in [6.07, 6.45) is 4.74. The van der Waals surface area contributed by atoms with E-state index in [9.17, 15) is 19.8 Å². The number of Topliss-reactive ketones (excluding diaryl/α,β-unsaturated/α-hetero) is 1. The summed E-state index contributed by atoms with van der Waals surface area (Å²) in [6.45, 7) is 11.1. The van der Waals surface area contributed by atoms with Crippen LogP contribution in [0.25, 0.3) is 0 Å². The molecule has 2 unspecified atom stereocenters. The number of fused-ring (bicyclic) bond motifs is 4. The van der Waals surface area contributed by atoms with Gasteiger partial charge in [-0.25, -0.2) is 0 Å². The van der Waals surface area contributed by atoms with Gasteiger partial charge < -0.3 is 14.9 Å². The summed E-state index contributed by atoms with van der Waals surface area (Å²) < 4.78 is 4.84. The van der Waals surface area contributed by atoms with Gasteiger partial charge in [0, 0.05) is 18.8 Å². The molecule has 3 aliphatic rings. The maximum Gasteiger partial charge on any atom is 0.302 e. The fraction of sp³-hybridized carbons (Fsp3) is 0.727. The van der Waals surface area contributed by atoms with Crippen LogP contribution in [-0.2, 0) is 14.3 Å². The summed E-state index contributed by atoms with van der Waals surface area (Å²) in [5, 5.41) is 20.9. The Morgan fingerprint density at radius 2 is 2.15 bits per heavy atom. The average molecular weight is 376 g/mol. The lowest BCUT2D eigenvalue weighted by Crippen LogP contribution is -2.56. The van der Waals surface area contributed by atoms with E-state index in [1.807, 2.05) is 0 Å². The zero-order valence-electron chi connectivity index (χ0n) is 16.8. The summed E-state index contributed by atoms with van der Waals surface area (Å²) in [7, 11) is 0. The molecule has 0 radical (unpaired) electrons. The van der Waals surface area contributed by atoms with Gasteiger partial charge in [0.1, 0.15) is 18.0 Å². The normalized spacial score (nSPS) is 40.8. The Morgan fingerprint density at radius 3 is 2.78 bits per heavy atom. The molecule has 8 atom stereocenters. The van der Waals surface area contributed by atoms with Gasteiger partial charge in [-0.1, -0.05) is 39.0 Å². The molecule has 0 aromatic heterocycles. The Hall–Kier alpha value is -1.46. The number of hydrogen-bond donors (Lipinski definition) is 2. The van der Waals surface area contributed by atoms with Crippen LogP contribution >= 0.6 is 0 Å². The van der Waals surface area contributed by atoms with Crippen LogP contribution < -0.4 is 0 Å². The van der Waals surface area contributed by atoms with E-state index < -0.39 is 17.7 Å². The Bertz CT molecular complexity index is 678. The molecule has 0 spiro atoms. The van der Waals surface area contributed by atoms with Crippen molar-refractivity contribution < 1.29 is 24.5 Å². The van der Waals surface area contributed by atoms with Gasteiger partial charge >= 0.3 is 5.97 Å². The molecule has 5 heteroatoms. The molecule has 2 N–H and O–H groups in total. The third-order valence-corrected chi connectivity index (χ3v) is 7.43. The molecule has 3 aliphatic carbocycles. The van der Waals surface area contributed by atoms with Crippen LogP contribution in [-0.4, -0.2) is 40.3 Å². The van der Waals surface area contributed by atoms with E-state index in [-0.39, 0.29) is 23.9 Å². The molecular formula is C22H32O5. The summed E-state index contributed by atoms with van der Waals surface area (Å²) >= 11 is 0. The van der Waals surface area contributed by atoms with Gasteiger partial charge in [0.2, 0.25) is 0 Å². The molecule has 0 amide bonds. The molecule has 0 aromatic carbocycles. The van der Waals surface area contributed by atoms with E-state index in [0.717, 1.165) is 6.42 Å². The minimum absolute atomic E-state index is 0.0117. The summed E-state index contributed by atoms with van der Waals surface area (Å²) in [4.78, 5) is 23.7. The van der Waals surface area contributed by atoms with E-state index >= 15 is 0 Å². The predicted octanol–water partition coefficient (Wildman–Crippen LogP) is 2.66. The number of ketones is 1. The largest absolute Gasteiger partial charge is 0.462 e. The molecule has 27 heavy (non-hydrogen) atoms. The first-order valence-electron chi connectivity index (χ1n) is 9.94. The van der Waals surface area contributed by atoms with Gasteiger partial charge in [-0.2, -0.15) is 0 Å². The van der Waals surface area contributed by atoms with Crippen molar-refractivity contribution in [2.75, 3.05) is 6.61 Å². The van der Waals surface area contributed by atoms with Crippen molar-refractivity contribution in [3.63, 3.8) is 0 Å². The maximum absolute atomic E-state index is 12.8. The standard InChI is InChI=1S/C22H32O5/c1-12-6-7-16-19(12)20-15(10-18(25)22(16,20)5)13(2)17(24)8-9-21(4,26)11-27-14(3)23/h8-9,12,15-17,19-20,24,26H,2,6-7,10-11H2,1,3-5H3/b9-8-/t12-,15+,16+,17?,19-,20+,21?,22+/m1/s1. The minimum atomic E-state index is -1.37. The lowest BCUT2D eigenvalue weighted by Gasteiger charge is -2.56. The molecule has 3 saturated carbocycles. The van der Waals surface area contributed by atoms with Crippen molar-refractivity contribution >= 4 is 11.8 Å². The highest BCUT2D eigenvalue weighted by Crippen LogP contribution is 2.72. The van der Waals surface area contributed by atoms with Crippen LogP contribution in [0.3, 0.4) is 0 Å². The van der Waals surface area contributed by atoms with Crippen LogP contribution in [0.1, 0.15) is 47.0 Å². The molecule has 0 aromatic rings. The quantitative estimate of drug-likeness (QED) is 0.550. The molecule has 5 nitrogen and oxygen atoms in total. The number of carbonyl (C=O) groups excluding carboxylic acids is 2. The van der Waals surface area contributed by atoms with Crippen molar-refractivity contribution in [3.05, 3.63) is 24.3 Å². The average Bonchev–Trinajstić information content (AvgIpc) is 3.03. The monoisotopic (exact) mass is 376 g/mol. The highest BCUT2D eigenvalue weighted by molar-refractivity contribution is 5.90. The lowest BCUT2D eigenvalue weighted by molar-refractivity contribution is -0.149. The van der Waals surface area contributed by atoms with E-state index in [4.69, 9.17) is 4.74 Å². The molecule has 150 valence electrons. The second kappa shape index (κ2) is 6.85. The first kappa shape index (κ1) is 20.3. The van der Waals surface area contributed by atoms with E-state index in [2.05, 4.69) is 20.4 Å². The van der Waals surface area contributed by atoms with E-state index in [0.29, 0.717) is 35.5 Å². The topological polar surface area (TPSA) is 83.8 Å². The zero-order chi connectivity index (χ0) is 20.1. The number of esters is 1. The molecule has 3 rings (SSSR count). The van der Waals surface area contributed by atoms with Gasteiger partial charge in [0.25, 0.3) is 0 Å². The predicted molar refractivity (Wildman–Crippen MR) is 102 cm³/mol. The summed E-state index contributed by atoms with van der Waals surface area (Å²) in [6, 6.07) is 0. The van der Waals surface area contributed by atoms with Crippen LogP contribution in [0, 0.1) is 35.0 Å². The van der Waals surface area contributed by atoms with Crippen molar-refractivity contribution in [3.8, 4) is 0 Å². The fourth-order valence-electron chi connectivity index (χ4n) is 5.98. The molecular weight excluding hydrogens is 344 g/mol. The Kier molecular flexibility index (Phi) is 5.15. The number of ether oxygens (including phenoxy) is 1. The number of aliphatic hydroxyl groups excluding tert-OH is 1. The molecule has 3 fully saturated rings. The lowest BCUT2D eigenvalue weighted by atomic mass is 9.46. The van der Waals surface area contributed by atoms with E-state index in [1.165, 1.54) is 32.4 Å². The fourth-order valence-corrected chi connectivity index (χ4v) is 5.98. The summed E-state index contributed by atoms with van der Waals surface area (Å²) in [5.74, 6) is 1.75. The van der Waals surface area contributed by atoms with E-state index in [1.54, 1.807) is 0 Å². The Morgan fingerprint density at radius 1 is 1.48 bits per heavy atom. The first-order valence-corrected chi connectivity index (χ1v) is 9.94. The van der Waals surface area contributed by atoms with Crippen molar-refractivity contribution in [1.29, 1.82) is 0 Å². The third kappa shape index (κ3) is 3.29. The minimum Gasteiger partial charge on any atom is -0.462 e. The smallest absolute Gasteiger partial charge is 0.302 e. The molecule has 0 aliphatic heterocycles. The molecule has 0 bridgehead atoms. The van der Waals surface area contributed by atoms with Gasteiger partial charge in [0.15, 0.2) is 0 Å². The van der Waals surface area contributed by atoms with Crippen LogP contribution in [0.2, 0.25) is 0 Å². The SMILES string of the molecule is C=C(C(O)/C=C\C(C)(O)COC(C)=O)[C@@H]1CC(=O)[C@@]2(C)[C@@H]1[C@@H]1[C@H](C)CC[C@@H]12. The number of carbonyl (C=O) groups is 2. The third-order valence-electron chi connectivity index (χ3n) is 7.43. The Labute approximate surface area is 161 Å². The molecule has 0 saturated heterocycles. The highest BCUT2D eigenvalue weighted by Gasteiger charge is 2.71. The summed E-state index contributed by atoms with van der Waals surface area (Å²) in [5.41, 5.74) is -0.976. The maximum atomic E-state index is 12.8. The first-order chi connectivity index (χ1) is 12.5.